The van der Waals surface area contributed by atoms with Gasteiger partial charge < -0.3 is 24.6 Å². The van der Waals surface area contributed by atoms with Gasteiger partial charge in [-0.15, -0.1) is 0 Å². The van der Waals surface area contributed by atoms with Gasteiger partial charge in [0.15, 0.2) is 29.0 Å². The summed E-state index contributed by atoms with van der Waals surface area (Å²) in [7, 11) is 0. The summed E-state index contributed by atoms with van der Waals surface area (Å²) in [4.78, 5) is 14.1. The Bertz CT molecular complexity index is 1550. The molecule has 7 rings (SSSR count). The van der Waals surface area contributed by atoms with Crippen LogP contribution in [-0.4, -0.2) is 55.3 Å². The highest BCUT2D eigenvalue weighted by Gasteiger charge is 2.56. The number of aliphatic hydroxyl groups is 1. The average molecular weight is 550 g/mol. The lowest BCUT2D eigenvalue weighted by Crippen LogP contribution is -2.38. The SMILES string of the molecule is CC1(C)OC2[C@@H](CO)O[C@@H](n3cnc4c(NC(c5ccccc5)(c5ccccc5)c5ccccc5)ncnc43)[C@H]2O1. The Morgan fingerprint density at radius 1 is 0.805 bits per heavy atom. The van der Waals surface area contributed by atoms with Gasteiger partial charge in [0.25, 0.3) is 0 Å². The minimum Gasteiger partial charge on any atom is -0.394 e. The number of rotatable bonds is 7. The van der Waals surface area contributed by atoms with E-state index in [9.17, 15) is 5.11 Å². The van der Waals surface area contributed by atoms with Crippen molar-refractivity contribution in [2.75, 3.05) is 11.9 Å². The normalized spacial score (nSPS) is 23.5. The molecule has 0 radical (unpaired) electrons. The molecular weight excluding hydrogens is 518 g/mol. The highest BCUT2D eigenvalue weighted by molar-refractivity contribution is 5.84. The number of hydrogen-bond acceptors (Lipinski definition) is 8. The topological polar surface area (TPSA) is 104 Å². The van der Waals surface area contributed by atoms with Crippen molar-refractivity contribution in [1.29, 1.82) is 0 Å². The highest BCUT2D eigenvalue weighted by atomic mass is 16.8. The van der Waals surface area contributed by atoms with Crippen LogP contribution in [0.15, 0.2) is 104 Å². The average Bonchev–Trinajstić information content (AvgIpc) is 3.68. The Morgan fingerprint density at radius 3 is 1.93 bits per heavy atom. The molecular formula is C32H31N5O4. The first-order valence-corrected chi connectivity index (χ1v) is 13.7. The van der Waals surface area contributed by atoms with Crippen LogP contribution in [0.2, 0.25) is 0 Å². The van der Waals surface area contributed by atoms with Crippen molar-refractivity contribution in [3.05, 3.63) is 120 Å². The van der Waals surface area contributed by atoms with E-state index >= 15 is 0 Å². The number of benzene rings is 3. The molecule has 0 saturated carbocycles. The fourth-order valence-corrected chi connectivity index (χ4v) is 6.12. The molecule has 2 fully saturated rings. The molecule has 2 aromatic heterocycles. The van der Waals surface area contributed by atoms with Gasteiger partial charge in [-0.05, 0) is 30.5 Å². The highest BCUT2D eigenvalue weighted by Crippen LogP contribution is 2.44. The van der Waals surface area contributed by atoms with E-state index in [0.717, 1.165) is 16.7 Å². The van der Waals surface area contributed by atoms with Gasteiger partial charge >= 0.3 is 0 Å². The number of hydrogen-bond donors (Lipinski definition) is 2. The molecule has 4 atom stereocenters. The van der Waals surface area contributed by atoms with Crippen molar-refractivity contribution in [2.24, 2.45) is 0 Å². The van der Waals surface area contributed by atoms with Crippen molar-refractivity contribution in [2.45, 2.75) is 49.7 Å². The van der Waals surface area contributed by atoms with Crippen molar-refractivity contribution in [1.82, 2.24) is 19.5 Å². The maximum Gasteiger partial charge on any atom is 0.167 e. The zero-order valence-corrected chi connectivity index (χ0v) is 22.8. The standard InChI is InChI=1S/C32H31N5O4/c1-31(2)40-26-24(18-38)39-30(27(26)41-31)37-20-35-25-28(33-19-34-29(25)37)36-32(21-12-6-3-7-13-21,22-14-8-4-9-15-22)23-16-10-5-11-17-23/h3-17,19-20,24,26-27,30,38H,18H2,1-2H3,(H,33,34,36)/t24-,26?,27+,30-/m1/s1. The van der Waals surface area contributed by atoms with E-state index in [4.69, 9.17) is 24.2 Å². The number of anilines is 1. The molecule has 1 unspecified atom stereocenters. The Kier molecular flexibility index (Phi) is 6.32. The summed E-state index contributed by atoms with van der Waals surface area (Å²) in [6.07, 6.45) is 1.29. The molecule has 2 N–H and O–H groups in total. The molecule has 0 bridgehead atoms. The zero-order valence-electron chi connectivity index (χ0n) is 22.8. The van der Waals surface area contributed by atoms with E-state index in [0.29, 0.717) is 17.0 Å². The van der Waals surface area contributed by atoms with Crippen LogP contribution in [-0.2, 0) is 19.7 Å². The predicted molar refractivity (Wildman–Crippen MR) is 153 cm³/mol. The van der Waals surface area contributed by atoms with Gasteiger partial charge in [0.1, 0.15) is 30.2 Å². The molecule has 0 aliphatic carbocycles. The molecule has 4 heterocycles. The number of imidazole rings is 1. The summed E-state index contributed by atoms with van der Waals surface area (Å²) >= 11 is 0. The van der Waals surface area contributed by atoms with Crippen LogP contribution in [0.5, 0.6) is 0 Å². The molecule has 0 amide bonds. The number of nitrogens with zero attached hydrogens (tertiary/aromatic N) is 4. The maximum absolute atomic E-state index is 9.99. The second-order valence-electron chi connectivity index (χ2n) is 10.8. The predicted octanol–water partition coefficient (Wildman–Crippen LogP) is 4.64. The first-order valence-electron chi connectivity index (χ1n) is 13.7. The van der Waals surface area contributed by atoms with Crippen LogP contribution >= 0.6 is 0 Å². The fourth-order valence-electron chi connectivity index (χ4n) is 6.12. The van der Waals surface area contributed by atoms with Crippen LogP contribution in [0.4, 0.5) is 5.82 Å². The molecule has 208 valence electrons. The van der Waals surface area contributed by atoms with Crippen molar-refractivity contribution in [3.63, 3.8) is 0 Å². The smallest absolute Gasteiger partial charge is 0.167 e. The quantitative estimate of drug-likeness (QED) is 0.283. The van der Waals surface area contributed by atoms with E-state index in [1.165, 1.54) is 6.33 Å². The van der Waals surface area contributed by atoms with Gasteiger partial charge in [0.05, 0.1) is 12.9 Å². The molecule has 0 spiro atoms. The summed E-state index contributed by atoms with van der Waals surface area (Å²) < 4.78 is 20.3. The molecule has 2 aliphatic heterocycles. The monoisotopic (exact) mass is 549 g/mol. The van der Waals surface area contributed by atoms with E-state index in [-0.39, 0.29) is 6.61 Å². The van der Waals surface area contributed by atoms with Crippen molar-refractivity contribution in [3.8, 4) is 0 Å². The molecule has 9 heteroatoms. The fraction of sp³-hybridized carbons (Fsp3) is 0.281. The Labute approximate surface area is 237 Å². The van der Waals surface area contributed by atoms with Crippen molar-refractivity contribution < 1.29 is 19.3 Å². The van der Waals surface area contributed by atoms with Gasteiger partial charge in [0.2, 0.25) is 0 Å². The lowest BCUT2D eigenvalue weighted by Gasteiger charge is -2.37. The third-order valence-electron chi connectivity index (χ3n) is 7.86. The molecule has 5 aromatic rings. The molecule has 3 aromatic carbocycles. The number of aliphatic hydroxyl groups excluding tert-OH is 1. The van der Waals surface area contributed by atoms with Gasteiger partial charge in [-0.3, -0.25) is 4.57 Å². The molecule has 41 heavy (non-hydrogen) atoms. The minimum absolute atomic E-state index is 0.181. The van der Waals surface area contributed by atoms with Crippen molar-refractivity contribution >= 4 is 17.0 Å². The Morgan fingerprint density at radius 2 is 1.37 bits per heavy atom. The lowest BCUT2D eigenvalue weighted by atomic mass is 9.77. The van der Waals surface area contributed by atoms with Crippen LogP contribution in [0.25, 0.3) is 11.2 Å². The van der Waals surface area contributed by atoms with Gasteiger partial charge in [0, 0.05) is 0 Å². The van der Waals surface area contributed by atoms with Crippen LogP contribution in [0.3, 0.4) is 0 Å². The van der Waals surface area contributed by atoms with Crippen LogP contribution in [0, 0.1) is 0 Å². The van der Waals surface area contributed by atoms with Gasteiger partial charge in [-0.25, -0.2) is 15.0 Å². The van der Waals surface area contributed by atoms with Gasteiger partial charge in [-0.2, -0.15) is 0 Å². The number of aromatic nitrogens is 4. The second kappa shape index (κ2) is 10.0. The first kappa shape index (κ1) is 25.8. The van der Waals surface area contributed by atoms with Crippen LogP contribution in [0.1, 0.15) is 36.8 Å². The Hall–Kier alpha value is -4.15. The van der Waals surface area contributed by atoms with Gasteiger partial charge in [-0.1, -0.05) is 91.0 Å². The van der Waals surface area contributed by atoms with E-state index in [2.05, 4.69) is 46.7 Å². The summed E-state index contributed by atoms with van der Waals surface area (Å²) in [5.74, 6) is -0.216. The molecule has 9 nitrogen and oxygen atoms in total. The molecule has 2 saturated heterocycles. The summed E-state index contributed by atoms with van der Waals surface area (Å²) in [6, 6.07) is 31.0. The first-order chi connectivity index (χ1) is 20.0. The zero-order chi connectivity index (χ0) is 28.0. The van der Waals surface area contributed by atoms with E-state index < -0.39 is 35.9 Å². The number of fused-ring (bicyclic) bond motifs is 2. The van der Waals surface area contributed by atoms with Crippen LogP contribution < -0.4 is 5.32 Å². The second-order valence-corrected chi connectivity index (χ2v) is 10.8. The van der Waals surface area contributed by atoms with E-state index in [1.807, 2.05) is 73.0 Å². The summed E-state index contributed by atoms with van der Waals surface area (Å²) in [6.45, 7) is 3.55. The maximum atomic E-state index is 9.99. The lowest BCUT2D eigenvalue weighted by molar-refractivity contribution is -0.199. The van der Waals surface area contributed by atoms with E-state index in [1.54, 1.807) is 6.33 Å². The third kappa shape index (κ3) is 4.29. The minimum atomic E-state index is -0.788. The number of nitrogens with one attached hydrogen (secondary N) is 1. The summed E-state index contributed by atoms with van der Waals surface area (Å²) in [5, 5.41) is 13.8. The third-order valence-corrected chi connectivity index (χ3v) is 7.86. The largest absolute Gasteiger partial charge is 0.394 e. The Balaban J connectivity index is 1.37. The number of ether oxygens (including phenoxy) is 3. The summed E-state index contributed by atoms with van der Waals surface area (Å²) in [5.41, 5.74) is 3.55. The molecule has 2 aliphatic rings.